The second-order valence-electron chi connectivity index (χ2n) is 5.71. The van der Waals surface area contributed by atoms with Crippen molar-refractivity contribution in [3.8, 4) is 0 Å². The summed E-state index contributed by atoms with van der Waals surface area (Å²) in [5, 5.41) is 4.33. The molecule has 1 aliphatic rings. The molecule has 136 valence electrons. The Morgan fingerprint density at radius 2 is 2.04 bits per heavy atom. The molecule has 25 heavy (non-hydrogen) atoms. The maximum atomic E-state index is 12.7. The number of nitrogens with one attached hydrogen (secondary N) is 1. The predicted molar refractivity (Wildman–Crippen MR) is 91.0 cm³/mol. The second kappa shape index (κ2) is 8.11. The number of hydrogen-bond acceptors (Lipinski definition) is 6. The van der Waals surface area contributed by atoms with Gasteiger partial charge in [0.25, 0.3) is 5.91 Å². The highest BCUT2D eigenvalue weighted by molar-refractivity contribution is 7.12. The normalized spacial score (nSPS) is 18.4. The Kier molecular flexibility index (Phi) is 6.13. The van der Waals surface area contributed by atoms with Crippen LogP contribution < -0.4 is 5.32 Å². The molecule has 1 aliphatic heterocycles. The molecular weight excluding hydrogens is 346 g/mol. The van der Waals surface area contributed by atoms with Crippen molar-refractivity contribution in [1.82, 2.24) is 15.1 Å². The van der Waals surface area contributed by atoms with Gasteiger partial charge in [-0.1, -0.05) is 6.07 Å². The Morgan fingerprint density at radius 1 is 1.32 bits per heavy atom. The smallest absolute Gasteiger partial charge is 0.328 e. The first-order valence-corrected chi connectivity index (χ1v) is 8.71. The van der Waals surface area contributed by atoms with E-state index in [1.54, 1.807) is 17.5 Å². The molecule has 1 fully saturated rings. The molecule has 1 aromatic heterocycles. The third-order valence-corrected chi connectivity index (χ3v) is 4.89. The van der Waals surface area contributed by atoms with Gasteiger partial charge in [-0.3, -0.25) is 14.4 Å². The van der Waals surface area contributed by atoms with Gasteiger partial charge in [-0.25, -0.2) is 4.79 Å². The van der Waals surface area contributed by atoms with E-state index >= 15 is 0 Å². The van der Waals surface area contributed by atoms with Gasteiger partial charge in [0.05, 0.1) is 18.5 Å². The minimum absolute atomic E-state index is 0.0895. The van der Waals surface area contributed by atoms with Crippen LogP contribution in [-0.4, -0.2) is 72.3 Å². The van der Waals surface area contributed by atoms with E-state index in [9.17, 15) is 19.2 Å². The molecule has 8 nitrogen and oxygen atoms in total. The van der Waals surface area contributed by atoms with Crippen LogP contribution in [0.2, 0.25) is 0 Å². The molecule has 1 saturated heterocycles. The standard InChI is InChI=1S/C16H21N3O5S/c1-10(16(23)24-3)17-14(21)12-9-18(11(2)20)6-7-19(12)15(22)13-5-4-8-25-13/h4-5,8,10,12H,6-7,9H2,1-3H3,(H,17,21)/t10-,12-/m1/s1. The van der Waals surface area contributed by atoms with E-state index in [-0.39, 0.29) is 24.9 Å². The molecule has 0 unspecified atom stereocenters. The number of thiophene rings is 1. The number of rotatable bonds is 4. The van der Waals surface area contributed by atoms with Crippen molar-refractivity contribution in [2.75, 3.05) is 26.7 Å². The van der Waals surface area contributed by atoms with Gasteiger partial charge in [0, 0.05) is 20.0 Å². The number of nitrogens with zero attached hydrogens (tertiary/aromatic N) is 2. The van der Waals surface area contributed by atoms with Gasteiger partial charge in [0.2, 0.25) is 11.8 Å². The zero-order chi connectivity index (χ0) is 18.6. The SMILES string of the molecule is COC(=O)[C@@H](C)NC(=O)[C@H]1CN(C(C)=O)CCN1C(=O)c1cccs1. The van der Waals surface area contributed by atoms with Crippen molar-refractivity contribution < 1.29 is 23.9 Å². The molecular formula is C16H21N3O5S. The van der Waals surface area contributed by atoms with Crippen LogP contribution in [0.4, 0.5) is 0 Å². The van der Waals surface area contributed by atoms with Crippen LogP contribution in [-0.2, 0) is 19.1 Å². The number of hydrogen-bond donors (Lipinski definition) is 1. The molecule has 1 N–H and O–H groups in total. The van der Waals surface area contributed by atoms with Crippen LogP contribution >= 0.6 is 11.3 Å². The van der Waals surface area contributed by atoms with E-state index in [4.69, 9.17) is 0 Å². The lowest BCUT2D eigenvalue weighted by atomic mass is 10.1. The zero-order valence-corrected chi connectivity index (χ0v) is 15.2. The third kappa shape index (κ3) is 4.36. The summed E-state index contributed by atoms with van der Waals surface area (Å²) in [6.07, 6.45) is 0. The summed E-state index contributed by atoms with van der Waals surface area (Å²) in [6, 6.07) is 1.75. The fraction of sp³-hybridized carbons (Fsp3) is 0.500. The quantitative estimate of drug-likeness (QED) is 0.762. The summed E-state index contributed by atoms with van der Waals surface area (Å²) in [4.78, 5) is 52.0. The van der Waals surface area contributed by atoms with Crippen molar-refractivity contribution in [3.05, 3.63) is 22.4 Å². The van der Waals surface area contributed by atoms with Crippen molar-refractivity contribution in [2.24, 2.45) is 0 Å². The Morgan fingerprint density at radius 3 is 2.60 bits per heavy atom. The lowest BCUT2D eigenvalue weighted by Crippen LogP contribution is -2.62. The number of methoxy groups -OCH3 is 1. The van der Waals surface area contributed by atoms with E-state index in [1.807, 2.05) is 0 Å². The first kappa shape index (κ1) is 18.9. The van der Waals surface area contributed by atoms with Crippen LogP contribution in [0.3, 0.4) is 0 Å². The lowest BCUT2D eigenvalue weighted by Gasteiger charge is -2.40. The first-order valence-electron chi connectivity index (χ1n) is 7.83. The Hall–Kier alpha value is -2.42. The summed E-state index contributed by atoms with van der Waals surface area (Å²) in [5.41, 5.74) is 0. The highest BCUT2D eigenvalue weighted by Gasteiger charge is 2.37. The molecule has 3 amide bonds. The summed E-state index contributed by atoms with van der Waals surface area (Å²) in [6.45, 7) is 3.62. The molecule has 0 aromatic carbocycles. The summed E-state index contributed by atoms with van der Waals surface area (Å²) in [5.74, 6) is -1.50. The Labute approximate surface area is 149 Å². The summed E-state index contributed by atoms with van der Waals surface area (Å²) < 4.78 is 4.60. The fourth-order valence-electron chi connectivity index (χ4n) is 2.62. The number of ether oxygens (including phenoxy) is 1. The average Bonchev–Trinajstić information content (AvgIpc) is 3.14. The van der Waals surface area contributed by atoms with Gasteiger partial charge < -0.3 is 19.9 Å². The van der Waals surface area contributed by atoms with Gasteiger partial charge in [-0.15, -0.1) is 11.3 Å². The van der Waals surface area contributed by atoms with Crippen LogP contribution in [0.1, 0.15) is 23.5 Å². The maximum absolute atomic E-state index is 12.7. The number of amides is 3. The predicted octanol–water partition coefficient (Wildman–Crippen LogP) is 0.0987. The molecule has 1 aromatic rings. The van der Waals surface area contributed by atoms with Crippen molar-refractivity contribution >= 4 is 35.0 Å². The van der Waals surface area contributed by atoms with E-state index in [1.165, 1.54) is 42.1 Å². The van der Waals surface area contributed by atoms with Crippen molar-refractivity contribution in [1.29, 1.82) is 0 Å². The number of carbonyl (C=O) groups excluding carboxylic acids is 4. The summed E-state index contributed by atoms with van der Waals surface area (Å²) in [7, 11) is 1.23. The first-order chi connectivity index (χ1) is 11.8. The topological polar surface area (TPSA) is 96.0 Å². The van der Waals surface area contributed by atoms with Crippen LogP contribution in [0.15, 0.2) is 17.5 Å². The largest absolute Gasteiger partial charge is 0.467 e. The molecule has 0 aliphatic carbocycles. The zero-order valence-electron chi connectivity index (χ0n) is 14.4. The molecule has 2 rings (SSSR count). The minimum atomic E-state index is -0.862. The number of esters is 1. The van der Waals surface area contributed by atoms with Gasteiger partial charge in [0.1, 0.15) is 12.1 Å². The maximum Gasteiger partial charge on any atom is 0.328 e. The van der Waals surface area contributed by atoms with E-state index in [0.717, 1.165) is 0 Å². The average molecular weight is 367 g/mol. The molecule has 9 heteroatoms. The van der Waals surface area contributed by atoms with Crippen molar-refractivity contribution in [2.45, 2.75) is 25.9 Å². The fourth-order valence-corrected chi connectivity index (χ4v) is 3.30. The highest BCUT2D eigenvalue weighted by Crippen LogP contribution is 2.18. The minimum Gasteiger partial charge on any atom is -0.467 e. The monoisotopic (exact) mass is 367 g/mol. The van der Waals surface area contributed by atoms with Gasteiger partial charge in [0.15, 0.2) is 0 Å². The van der Waals surface area contributed by atoms with Crippen LogP contribution in [0.5, 0.6) is 0 Å². The molecule has 0 bridgehead atoms. The second-order valence-corrected chi connectivity index (χ2v) is 6.66. The molecule has 2 heterocycles. The number of piperazine rings is 1. The van der Waals surface area contributed by atoms with E-state index < -0.39 is 24.0 Å². The van der Waals surface area contributed by atoms with Crippen molar-refractivity contribution in [3.63, 3.8) is 0 Å². The third-order valence-electron chi connectivity index (χ3n) is 4.03. The van der Waals surface area contributed by atoms with Crippen LogP contribution in [0.25, 0.3) is 0 Å². The van der Waals surface area contributed by atoms with Gasteiger partial charge in [-0.05, 0) is 18.4 Å². The van der Waals surface area contributed by atoms with Crippen LogP contribution in [0, 0.1) is 0 Å². The lowest BCUT2D eigenvalue weighted by molar-refractivity contribution is -0.146. The molecule has 0 spiro atoms. The highest BCUT2D eigenvalue weighted by atomic mass is 32.1. The van der Waals surface area contributed by atoms with Gasteiger partial charge >= 0.3 is 5.97 Å². The number of carbonyl (C=O) groups is 4. The van der Waals surface area contributed by atoms with E-state index in [0.29, 0.717) is 11.4 Å². The molecule has 0 saturated carbocycles. The van der Waals surface area contributed by atoms with E-state index in [2.05, 4.69) is 10.1 Å². The molecule has 2 atom stereocenters. The Bertz CT molecular complexity index is 661. The summed E-state index contributed by atoms with van der Waals surface area (Å²) >= 11 is 1.29. The Balaban J connectivity index is 2.19. The van der Waals surface area contributed by atoms with Gasteiger partial charge in [-0.2, -0.15) is 0 Å². The molecule has 0 radical (unpaired) electrons.